The quantitative estimate of drug-likeness (QED) is 0.645. The molecule has 66 valence electrons. The van der Waals surface area contributed by atoms with Crippen molar-refractivity contribution < 1.29 is 4.39 Å². The van der Waals surface area contributed by atoms with Gasteiger partial charge >= 0.3 is 0 Å². The van der Waals surface area contributed by atoms with Gasteiger partial charge in [-0.25, -0.2) is 4.39 Å². The van der Waals surface area contributed by atoms with E-state index in [1.54, 1.807) is 6.07 Å². The van der Waals surface area contributed by atoms with Gasteiger partial charge in [0.05, 0.1) is 0 Å². The van der Waals surface area contributed by atoms with Crippen molar-refractivity contribution in [3.63, 3.8) is 0 Å². The van der Waals surface area contributed by atoms with Gasteiger partial charge in [0.2, 0.25) is 0 Å². The van der Waals surface area contributed by atoms with Crippen molar-refractivity contribution in [2.75, 3.05) is 0 Å². The fourth-order valence-corrected chi connectivity index (χ4v) is 1.31. The van der Waals surface area contributed by atoms with Gasteiger partial charge in [-0.3, -0.25) is 0 Å². The zero-order valence-corrected chi connectivity index (χ0v) is 7.73. The molecule has 0 amide bonds. The highest BCUT2D eigenvalue weighted by Gasteiger charge is 1.98. The van der Waals surface area contributed by atoms with Crippen LogP contribution in [-0.4, -0.2) is 0 Å². The fraction of sp³-hybridized carbons (Fsp3) is 0.455. The topological polar surface area (TPSA) is 0 Å². The number of hydrogen-bond acceptors (Lipinski definition) is 0. The van der Waals surface area contributed by atoms with Crippen LogP contribution in [0, 0.1) is 12.7 Å². The fourth-order valence-electron chi connectivity index (χ4n) is 1.31. The second kappa shape index (κ2) is 4.24. The Morgan fingerprint density at radius 2 is 2.08 bits per heavy atom. The molecular weight excluding hydrogens is 151 g/mol. The molecule has 0 aliphatic heterocycles. The monoisotopic (exact) mass is 166 g/mol. The van der Waals surface area contributed by atoms with Gasteiger partial charge < -0.3 is 0 Å². The van der Waals surface area contributed by atoms with Crippen LogP contribution < -0.4 is 0 Å². The maximum atomic E-state index is 12.7. The van der Waals surface area contributed by atoms with Crippen molar-refractivity contribution in [3.8, 4) is 0 Å². The lowest BCUT2D eigenvalue weighted by Crippen LogP contribution is -1.90. The summed E-state index contributed by atoms with van der Waals surface area (Å²) in [6.07, 6.45) is 3.45. The van der Waals surface area contributed by atoms with Gasteiger partial charge in [0.25, 0.3) is 0 Å². The Kier molecular flexibility index (Phi) is 3.27. The summed E-state index contributed by atoms with van der Waals surface area (Å²) in [6.45, 7) is 4.13. The summed E-state index contributed by atoms with van der Waals surface area (Å²) in [6, 6.07) is 5.03. The molecule has 0 bridgehead atoms. The molecule has 1 heteroatoms. The molecule has 0 N–H and O–H groups in total. The SMILES string of the molecule is CCCCc1ccc(F)cc1C. The van der Waals surface area contributed by atoms with E-state index in [1.165, 1.54) is 24.5 Å². The van der Waals surface area contributed by atoms with E-state index in [1.807, 2.05) is 13.0 Å². The molecule has 0 nitrogen and oxygen atoms in total. The third-order valence-corrected chi connectivity index (χ3v) is 2.10. The Balaban J connectivity index is 2.72. The van der Waals surface area contributed by atoms with Gasteiger partial charge in [-0.15, -0.1) is 0 Å². The van der Waals surface area contributed by atoms with Crippen LogP contribution in [0.4, 0.5) is 4.39 Å². The molecule has 0 radical (unpaired) electrons. The lowest BCUT2D eigenvalue weighted by Gasteiger charge is -2.03. The molecule has 1 rings (SSSR count). The predicted molar refractivity (Wildman–Crippen MR) is 49.7 cm³/mol. The molecular formula is C11H15F. The first kappa shape index (κ1) is 9.24. The van der Waals surface area contributed by atoms with Gasteiger partial charge in [0.15, 0.2) is 0 Å². The summed E-state index contributed by atoms with van der Waals surface area (Å²) in [5.74, 6) is -0.132. The summed E-state index contributed by atoms with van der Waals surface area (Å²) in [5.41, 5.74) is 2.35. The third kappa shape index (κ3) is 2.33. The van der Waals surface area contributed by atoms with Gasteiger partial charge in [0, 0.05) is 0 Å². The van der Waals surface area contributed by atoms with Gasteiger partial charge in [-0.05, 0) is 43.0 Å². The van der Waals surface area contributed by atoms with Gasteiger partial charge in [0.1, 0.15) is 5.82 Å². The van der Waals surface area contributed by atoms with Crippen molar-refractivity contribution in [3.05, 3.63) is 35.1 Å². The Hall–Kier alpha value is -0.850. The largest absolute Gasteiger partial charge is 0.207 e. The molecule has 0 spiro atoms. The highest BCUT2D eigenvalue weighted by atomic mass is 19.1. The molecule has 0 atom stereocenters. The van der Waals surface area contributed by atoms with Crippen LogP contribution in [-0.2, 0) is 6.42 Å². The predicted octanol–water partition coefficient (Wildman–Crippen LogP) is 3.48. The normalized spacial score (nSPS) is 10.2. The maximum Gasteiger partial charge on any atom is 0.123 e. The van der Waals surface area contributed by atoms with Crippen LogP contribution in [0.2, 0.25) is 0 Å². The highest BCUT2D eigenvalue weighted by Crippen LogP contribution is 2.12. The van der Waals surface area contributed by atoms with Crippen LogP contribution in [0.5, 0.6) is 0 Å². The van der Waals surface area contributed by atoms with E-state index in [0.717, 1.165) is 12.0 Å². The molecule has 0 saturated heterocycles. The molecule has 1 aromatic rings. The minimum absolute atomic E-state index is 0.132. The molecule has 0 heterocycles. The van der Waals surface area contributed by atoms with Crippen LogP contribution in [0.3, 0.4) is 0 Å². The van der Waals surface area contributed by atoms with Crippen molar-refractivity contribution >= 4 is 0 Å². The second-order valence-corrected chi connectivity index (χ2v) is 3.17. The first-order valence-electron chi connectivity index (χ1n) is 4.49. The van der Waals surface area contributed by atoms with Crippen molar-refractivity contribution in [1.29, 1.82) is 0 Å². The van der Waals surface area contributed by atoms with Crippen molar-refractivity contribution in [2.45, 2.75) is 33.1 Å². The zero-order chi connectivity index (χ0) is 8.97. The van der Waals surface area contributed by atoms with Crippen LogP contribution in [0.15, 0.2) is 18.2 Å². The van der Waals surface area contributed by atoms with Crippen molar-refractivity contribution in [2.24, 2.45) is 0 Å². The molecule has 0 fully saturated rings. The summed E-state index contributed by atoms with van der Waals surface area (Å²) in [4.78, 5) is 0. The Labute approximate surface area is 73.4 Å². The Bertz CT molecular complexity index is 253. The maximum absolute atomic E-state index is 12.7. The molecule has 0 aliphatic rings. The number of halogens is 1. The minimum Gasteiger partial charge on any atom is -0.207 e. The number of rotatable bonds is 3. The summed E-state index contributed by atoms with van der Waals surface area (Å²) >= 11 is 0. The standard InChI is InChI=1S/C11H15F/c1-3-4-5-10-6-7-11(12)8-9(10)2/h6-8H,3-5H2,1-2H3. The molecule has 1 aromatic carbocycles. The van der Waals surface area contributed by atoms with E-state index in [0.29, 0.717) is 0 Å². The number of unbranched alkanes of at least 4 members (excludes halogenated alkanes) is 1. The molecule has 0 aromatic heterocycles. The van der Waals surface area contributed by atoms with Gasteiger partial charge in [-0.2, -0.15) is 0 Å². The van der Waals surface area contributed by atoms with Crippen LogP contribution in [0.1, 0.15) is 30.9 Å². The number of aryl methyl sites for hydroxylation is 2. The van der Waals surface area contributed by atoms with E-state index in [-0.39, 0.29) is 5.82 Å². The van der Waals surface area contributed by atoms with E-state index < -0.39 is 0 Å². The molecule has 0 unspecified atom stereocenters. The zero-order valence-electron chi connectivity index (χ0n) is 7.73. The average Bonchev–Trinajstić information content (AvgIpc) is 2.03. The van der Waals surface area contributed by atoms with E-state index in [2.05, 4.69) is 6.92 Å². The van der Waals surface area contributed by atoms with E-state index >= 15 is 0 Å². The lowest BCUT2D eigenvalue weighted by molar-refractivity contribution is 0.625. The third-order valence-electron chi connectivity index (χ3n) is 2.10. The van der Waals surface area contributed by atoms with Gasteiger partial charge in [-0.1, -0.05) is 19.4 Å². The number of benzene rings is 1. The molecule has 0 aliphatic carbocycles. The van der Waals surface area contributed by atoms with E-state index in [9.17, 15) is 4.39 Å². The second-order valence-electron chi connectivity index (χ2n) is 3.17. The summed E-state index contributed by atoms with van der Waals surface area (Å²) < 4.78 is 12.7. The first-order chi connectivity index (χ1) is 5.74. The summed E-state index contributed by atoms with van der Waals surface area (Å²) in [5, 5.41) is 0. The van der Waals surface area contributed by atoms with Crippen LogP contribution in [0.25, 0.3) is 0 Å². The Morgan fingerprint density at radius 1 is 1.33 bits per heavy atom. The summed E-state index contributed by atoms with van der Waals surface area (Å²) in [7, 11) is 0. The molecule has 12 heavy (non-hydrogen) atoms. The van der Waals surface area contributed by atoms with Crippen LogP contribution >= 0.6 is 0 Å². The van der Waals surface area contributed by atoms with Crippen molar-refractivity contribution in [1.82, 2.24) is 0 Å². The highest BCUT2D eigenvalue weighted by molar-refractivity contribution is 5.26. The first-order valence-corrected chi connectivity index (χ1v) is 4.49. The minimum atomic E-state index is -0.132. The smallest absolute Gasteiger partial charge is 0.123 e. The number of hydrogen-bond donors (Lipinski definition) is 0. The van der Waals surface area contributed by atoms with E-state index in [4.69, 9.17) is 0 Å². The Morgan fingerprint density at radius 3 is 2.67 bits per heavy atom. The molecule has 0 saturated carbocycles. The lowest BCUT2D eigenvalue weighted by atomic mass is 10.0. The average molecular weight is 166 g/mol.